The normalized spacial score (nSPS) is 17.0. The second-order valence-electron chi connectivity index (χ2n) is 7.08. The molecule has 12 heteroatoms. The van der Waals surface area contributed by atoms with Gasteiger partial charge in [-0.25, -0.2) is 9.78 Å². The number of morpholine rings is 1. The Morgan fingerprint density at radius 1 is 1.07 bits per heavy atom. The molecular formula is C18H24F3N3O5S. The minimum Gasteiger partial charge on any atom is -0.475 e. The van der Waals surface area contributed by atoms with E-state index in [0.29, 0.717) is 37.9 Å². The van der Waals surface area contributed by atoms with Crippen LogP contribution in [0.5, 0.6) is 0 Å². The topological polar surface area (TPSA) is 100 Å². The number of hydrogen-bond acceptors (Lipinski definition) is 6. The molecule has 1 aromatic heterocycles. The van der Waals surface area contributed by atoms with Crippen LogP contribution in [-0.2, 0) is 27.2 Å². The van der Waals surface area contributed by atoms with Gasteiger partial charge in [0.15, 0.2) is 5.01 Å². The molecule has 0 atom stereocenters. The number of thiazole rings is 1. The quantitative estimate of drug-likeness (QED) is 0.737. The molecule has 0 aromatic carbocycles. The fourth-order valence-electron chi connectivity index (χ4n) is 2.94. The summed E-state index contributed by atoms with van der Waals surface area (Å²) in [5.41, 5.74) is 0.991. The Kier molecular flexibility index (Phi) is 8.18. The summed E-state index contributed by atoms with van der Waals surface area (Å²) >= 11 is 1.49. The Morgan fingerprint density at radius 2 is 1.63 bits per heavy atom. The molecule has 0 bridgehead atoms. The van der Waals surface area contributed by atoms with Crippen molar-refractivity contribution in [3.8, 4) is 0 Å². The first-order valence-electron chi connectivity index (χ1n) is 9.45. The summed E-state index contributed by atoms with van der Waals surface area (Å²) in [6.45, 7) is 7.75. The second-order valence-corrected chi connectivity index (χ2v) is 8.16. The third-order valence-electron chi connectivity index (χ3n) is 4.53. The molecular weight excluding hydrogens is 427 g/mol. The largest absolute Gasteiger partial charge is 0.490 e. The highest BCUT2D eigenvalue weighted by molar-refractivity contribution is 7.13. The number of amides is 2. The predicted octanol–water partition coefficient (Wildman–Crippen LogP) is 1.83. The van der Waals surface area contributed by atoms with Gasteiger partial charge in [-0.05, 0) is 0 Å². The van der Waals surface area contributed by atoms with Crippen molar-refractivity contribution in [1.82, 2.24) is 14.8 Å². The van der Waals surface area contributed by atoms with E-state index in [9.17, 15) is 22.8 Å². The number of nitrogens with zero attached hydrogens (tertiary/aromatic N) is 3. The van der Waals surface area contributed by atoms with Gasteiger partial charge in [0.2, 0.25) is 5.91 Å². The Balaban J connectivity index is 0.000000396. The van der Waals surface area contributed by atoms with Gasteiger partial charge in [0.25, 0.3) is 5.91 Å². The maximum atomic E-state index is 12.5. The summed E-state index contributed by atoms with van der Waals surface area (Å²) in [5.74, 6) is -2.52. The molecule has 0 radical (unpaired) electrons. The number of ether oxygens (including phenoxy) is 1. The van der Waals surface area contributed by atoms with E-state index in [1.54, 1.807) is 0 Å². The highest BCUT2D eigenvalue weighted by Crippen LogP contribution is 2.25. The SMILES string of the molecule is CC(C)C(=O)N1CCc2nc(C(=O)N3CCOCC3)sc2CC1.O=C(O)C(F)(F)F. The zero-order chi connectivity index (χ0) is 22.5. The highest BCUT2D eigenvalue weighted by Gasteiger charge is 2.38. The van der Waals surface area contributed by atoms with E-state index >= 15 is 0 Å². The van der Waals surface area contributed by atoms with Crippen molar-refractivity contribution < 1.29 is 37.4 Å². The molecule has 0 spiro atoms. The standard InChI is InChI=1S/C16H23N3O3S.C2HF3O2/c1-11(2)15(20)18-5-3-12-13(4-6-18)23-14(17-12)16(21)19-7-9-22-10-8-19;3-2(4,5)1(6)7/h11H,3-10H2,1-2H3;(H,6,7). The third-order valence-corrected chi connectivity index (χ3v) is 5.68. The van der Waals surface area contributed by atoms with Crippen molar-refractivity contribution in [1.29, 1.82) is 0 Å². The monoisotopic (exact) mass is 451 g/mol. The maximum absolute atomic E-state index is 12.5. The van der Waals surface area contributed by atoms with E-state index in [0.717, 1.165) is 30.0 Å². The number of halogens is 3. The van der Waals surface area contributed by atoms with Crippen LogP contribution in [0.15, 0.2) is 0 Å². The van der Waals surface area contributed by atoms with E-state index in [1.807, 2.05) is 23.6 Å². The molecule has 1 N–H and O–H groups in total. The van der Waals surface area contributed by atoms with E-state index in [2.05, 4.69) is 4.98 Å². The van der Waals surface area contributed by atoms with Crippen LogP contribution < -0.4 is 0 Å². The lowest BCUT2D eigenvalue weighted by Gasteiger charge is -2.25. The lowest BCUT2D eigenvalue weighted by atomic mass is 10.2. The second kappa shape index (κ2) is 10.2. The van der Waals surface area contributed by atoms with Crippen LogP contribution >= 0.6 is 11.3 Å². The number of aromatic nitrogens is 1. The Morgan fingerprint density at radius 3 is 2.17 bits per heavy atom. The number of rotatable bonds is 2. The third kappa shape index (κ3) is 6.39. The first-order valence-corrected chi connectivity index (χ1v) is 10.3. The number of fused-ring (bicyclic) bond motifs is 1. The first kappa shape index (κ1) is 24.1. The van der Waals surface area contributed by atoms with Crippen molar-refractivity contribution >= 4 is 29.1 Å². The lowest BCUT2D eigenvalue weighted by molar-refractivity contribution is -0.192. The van der Waals surface area contributed by atoms with Gasteiger partial charge < -0.3 is 19.6 Å². The van der Waals surface area contributed by atoms with Crippen molar-refractivity contribution in [2.24, 2.45) is 5.92 Å². The van der Waals surface area contributed by atoms with E-state index in [-0.39, 0.29) is 17.7 Å². The molecule has 2 aliphatic heterocycles. The van der Waals surface area contributed by atoms with Gasteiger partial charge in [0, 0.05) is 49.8 Å². The molecule has 8 nitrogen and oxygen atoms in total. The molecule has 1 aromatic rings. The fraction of sp³-hybridized carbons (Fsp3) is 0.667. The molecule has 3 rings (SSSR count). The smallest absolute Gasteiger partial charge is 0.475 e. The summed E-state index contributed by atoms with van der Waals surface area (Å²) in [6.07, 6.45) is -3.55. The summed E-state index contributed by atoms with van der Waals surface area (Å²) < 4.78 is 37.0. The van der Waals surface area contributed by atoms with Gasteiger partial charge in [0.1, 0.15) is 0 Å². The molecule has 1 fully saturated rings. The Hall–Kier alpha value is -2.21. The average Bonchev–Trinajstić information content (AvgIpc) is 3.00. The minimum atomic E-state index is -5.08. The van der Waals surface area contributed by atoms with E-state index in [1.165, 1.54) is 11.3 Å². The summed E-state index contributed by atoms with van der Waals surface area (Å²) in [4.78, 5) is 43.0. The van der Waals surface area contributed by atoms with Gasteiger partial charge in [-0.1, -0.05) is 13.8 Å². The fourth-order valence-corrected chi connectivity index (χ4v) is 4.01. The van der Waals surface area contributed by atoms with Crippen LogP contribution in [0.3, 0.4) is 0 Å². The number of carboxylic acid groups (broad SMARTS) is 1. The minimum absolute atomic E-state index is 0.0153. The summed E-state index contributed by atoms with van der Waals surface area (Å²) in [5, 5.41) is 7.71. The summed E-state index contributed by atoms with van der Waals surface area (Å²) in [6, 6.07) is 0. The zero-order valence-electron chi connectivity index (χ0n) is 16.7. The van der Waals surface area contributed by atoms with Gasteiger partial charge in [-0.15, -0.1) is 11.3 Å². The van der Waals surface area contributed by atoms with Gasteiger partial charge in [-0.3, -0.25) is 9.59 Å². The van der Waals surface area contributed by atoms with Gasteiger partial charge in [-0.2, -0.15) is 13.2 Å². The van der Waals surface area contributed by atoms with Gasteiger partial charge in [0.05, 0.1) is 18.9 Å². The number of alkyl halides is 3. The van der Waals surface area contributed by atoms with Crippen molar-refractivity contribution in [3.63, 3.8) is 0 Å². The van der Waals surface area contributed by atoms with Crippen LogP contribution in [-0.4, -0.2) is 83.2 Å². The number of carbonyl (C=O) groups excluding carboxylic acids is 2. The number of aliphatic carboxylic acids is 1. The number of carboxylic acids is 1. The van der Waals surface area contributed by atoms with Crippen molar-refractivity contribution in [3.05, 3.63) is 15.6 Å². The molecule has 0 unspecified atom stereocenters. The van der Waals surface area contributed by atoms with Crippen LogP contribution in [0.1, 0.15) is 34.2 Å². The van der Waals surface area contributed by atoms with E-state index in [4.69, 9.17) is 14.6 Å². The van der Waals surface area contributed by atoms with Crippen LogP contribution in [0.4, 0.5) is 13.2 Å². The molecule has 2 amide bonds. The van der Waals surface area contributed by atoms with Crippen LogP contribution in [0.25, 0.3) is 0 Å². The molecule has 2 aliphatic rings. The number of carbonyl (C=O) groups is 3. The van der Waals surface area contributed by atoms with E-state index < -0.39 is 12.1 Å². The molecule has 168 valence electrons. The maximum Gasteiger partial charge on any atom is 0.490 e. The zero-order valence-corrected chi connectivity index (χ0v) is 17.5. The molecule has 30 heavy (non-hydrogen) atoms. The lowest BCUT2D eigenvalue weighted by Crippen LogP contribution is -2.40. The Bertz CT molecular complexity index is 750. The number of hydrogen-bond donors (Lipinski definition) is 1. The van der Waals surface area contributed by atoms with Crippen LogP contribution in [0.2, 0.25) is 0 Å². The average molecular weight is 451 g/mol. The molecule has 0 aliphatic carbocycles. The molecule has 3 heterocycles. The molecule has 0 saturated carbocycles. The summed E-state index contributed by atoms with van der Waals surface area (Å²) in [7, 11) is 0. The first-order chi connectivity index (χ1) is 14.0. The van der Waals surface area contributed by atoms with Crippen molar-refractivity contribution in [2.45, 2.75) is 32.9 Å². The Labute approximate surface area is 175 Å². The van der Waals surface area contributed by atoms with Crippen molar-refractivity contribution in [2.75, 3.05) is 39.4 Å². The van der Waals surface area contributed by atoms with Crippen LogP contribution in [0, 0.1) is 5.92 Å². The predicted molar refractivity (Wildman–Crippen MR) is 101 cm³/mol. The van der Waals surface area contributed by atoms with Gasteiger partial charge >= 0.3 is 12.1 Å². The molecule has 1 saturated heterocycles. The highest BCUT2D eigenvalue weighted by atomic mass is 32.1.